The highest BCUT2D eigenvalue weighted by Gasteiger charge is 2.29. The summed E-state index contributed by atoms with van der Waals surface area (Å²) in [6, 6.07) is 5.42. The van der Waals surface area contributed by atoms with Crippen molar-refractivity contribution in [2.45, 2.75) is 18.8 Å². The summed E-state index contributed by atoms with van der Waals surface area (Å²) in [5, 5.41) is 12.2. The summed E-state index contributed by atoms with van der Waals surface area (Å²) in [4.78, 5) is 0. The molecule has 0 amide bonds. The highest BCUT2D eigenvalue weighted by Crippen LogP contribution is 2.33. The van der Waals surface area contributed by atoms with Gasteiger partial charge in [0.1, 0.15) is 0 Å². The van der Waals surface area contributed by atoms with Gasteiger partial charge < -0.3 is 10.4 Å². The van der Waals surface area contributed by atoms with Crippen LogP contribution in [-0.4, -0.2) is 33.2 Å². The molecule has 1 aromatic rings. The maximum absolute atomic E-state index is 11.7. The molecule has 0 fully saturated rings. The summed E-state index contributed by atoms with van der Waals surface area (Å²) in [5.41, 5.74) is 2.35. The Morgan fingerprint density at radius 1 is 1.53 bits per heavy atom. The van der Waals surface area contributed by atoms with Gasteiger partial charge in [-0.2, -0.15) is 0 Å². The Labute approximate surface area is 101 Å². The number of nitrogens with zero attached hydrogens (tertiary/aromatic N) is 1. The second-order valence-electron chi connectivity index (χ2n) is 4.30. The molecule has 1 heterocycles. The van der Waals surface area contributed by atoms with E-state index in [1.807, 2.05) is 12.1 Å². The van der Waals surface area contributed by atoms with Gasteiger partial charge in [0, 0.05) is 19.3 Å². The second-order valence-corrected chi connectivity index (χ2v) is 6.30. The van der Waals surface area contributed by atoms with Crippen LogP contribution in [0, 0.1) is 0 Å². The molecule has 1 aromatic carbocycles. The molecular weight excluding hydrogens is 240 g/mol. The highest BCUT2D eigenvalue weighted by atomic mass is 32.2. The second kappa shape index (κ2) is 4.19. The van der Waals surface area contributed by atoms with Crippen molar-refractivity contribution in [1.29, 1.82) is 0 Å². The third-order valence-electron chi connectivity index (χ3n) is 2.78. The zero-order valence-electron chi connectivity index (χ0n) is 9.84. The van der Waals surface area contributed by atoms with Crippen molar-refractivity contribution in [2.75, 3.05) is 23.2 Å². The zero-order chi connectivity index (χ0) is 12.6. The van der Waals surface area contributed by atoms with E-state index in [2.05, 4.69) is 5.32 Å². The van der Waals surface area contributed by atoms with E-state index in [0.717, 1.165) is 16.9 Å². The molecule has 0 bridgehead atoms. The van der Waals surface area contributed by atoms with Crippen molar-refractivity contribution in [3.8, 4) is 0 Å². The smallest absolute Gasteiger partial charge is 0.239 e. The SMILES string of the molecule is CC(O)CNc1ccc2c(c1)CS(=O)(=O)N2C. The van der Waals surface area contributed by atoms with E-state index in [0.29, 0.717) is 6.54 Å². The van der Waals surface area contributed by atoms with Crippen molar-refractivity contribution in [3.63, 3.8) is 0 Å². The normalized spacial score (nSPS) is 18.9. The molecule has 0 spiro atoms. The summed E-state index contributed by atoms with van der Waals surface area (Å²) < 4.78 is 24.6. The fourth-order valence-corrected chi connectivity index (χ4v) is 3.12. The largest absolute Gasteiger partial charge is 0.392 e. The van der Waals surface area contributed by atoms with Crippen molar-refractivity contribution in [3.05, 3.63) is 23.8 Å². The van der Waals surface area contributed by atoms with Crippen molar-refractivity contribution in [1.82, 2.24) is 0 Å². The highest BCUT2D eigenvalue weighted by molar-refractivity contribution is 7.92. The van der Waals surface area contributed by atoms with Gasteiger partial charge in [0.15, 0.2) is 0 Å². The average Bonchev–Trinajstić information content (AvgIpc) is 2.46. The zero-order valence-corrected chi connectivity index (χ0v) is 10.7. The molecule has 0 radical (unpaired) electrons. The minimum atomic E-state index is -3.18. The van der Waals surface area contributed by atoms with Gasteiger partial charge >= 0.3 is 0 Å². The van der Waals surface area contributed by atoms with Gasteiger partial charge in [0.05, 0.1) is 17.5 Å². The van der Waals surface area contributed by atoms with Crippen molar-refractivity contribution in [2.24, 2.45) is 0 Å². The number of hydrogen-bond donors (Lipinski definition) is 2. The van der Waals surface area contributed by atoms with Crippen LogP contribution in [0.25, 0.3) is 0 Å². The van der Waals surface area contributed by atoms with E-state index in [9.17, 15) is 8.42 Å². The average molecular weight is 256 g/mol. The number of nitrogens with one attached hydrogen (secondary N) is 1. The minimum Gasteiger partial charge on any atom is -0.392 e. The first-order chi connectivity index (χ1) is 7.90. The standard InChI is InChI=1S/C11H16N2O3S/c1-8(14)6-12-10-3-4-11-9(5-10)7-17(15,16)13(11)2/h3-5,8,12,14H,6-7H2,1-2H3. The lowest BCUT2D eigenvalue weighted by atomic mass is 10.1. The Morgan fingerprint density at radius 2 is 2.24 bits per heavy atom. The van der Waals surface area contributed by atoms with Gasteiger partial charge in [0.2, 0.25) is 10.0 Å². The van der Waals surface area contributed by atoms with Crippen LogP contribution in [0.15, 0.2) is 18.2 Å². The molecule has 5 nitrogen and oxygen atoms in total. The third-order valence-corrected chi connectivity index (χ3v) is 4.48. The van der Waals surface area contributed by atoms with Crippen LogP contribution in [0.5, 0.6) is 0 Å². The topological polar surface area (TPSA) is 69.6 Å². The number of fused-ring (bicyclic) bond motifs is 1. The monoisotopic (exact) mass is 256 g/mol. The quantitative estimate of drug-likeness (QED) is 0.837. The summed E-state index contributed by atoms with van der Waals surface area (Å²) in [7, 11) is -1.62. The van der Waals surface area contributed by atoms with E-state index in [1.54, 1.807) is 20.0 Å². The van der Waals surface area contributed by atoms with Crippen molar-refractivity contribution < 1.29 is 13.5 Å². The molecule has 1 aliphatic rings. The Hall–Kier alpha value is -1.27. The minimum absolute atomic E-state index is 0.0447. The molecule has 2 N–H and O–H groups in total. The molecule has 94 valence electrons. The number of anilines is 2. The van der Waals surface area contributed by atoms with E-state index < -0.39 is 16.1 Å². The fraction of sp³-hybridized carbons (Fsp3) is 0.455. The first-order valence-electron chi connectivity index (χ1n) is 5.41. The van der Waals surface area contributed by atoms with Gasteiger partial charge in [0.25, 0.3) is 0 Å². The Balaban J connectivity index is 2.23. The van der Waals surface area contributed by atoms with Crippen LogP contribution < -0.4 is 9.62 Å². The molecule has 2 rings (SSSR count). The summed E-state index contributed by atoms with van der Waals surface area (Å²) >= 11 is 0. The lowest BCUT2D eigenvalue weighted by Gasteiger charge is -2.12. The lowest BCUT2D eigenvalue weighted by Crippen LogP contribution is -2.20. The van der Waals surface area contributed by atoms with Gasteiger partial charge in [-0.1, -0.05) is 0 Å². The van der Waals surface area contributed by atoms with E-state index in [4.69, 9.17) is 5.11 Å². The van der Waals surface area contributed by atoms with Gasteiger partial charge in [-0.15, -0.1) is 0 Å². The number of hydrogen-bond acceptors (Lipinski definition) is 4. The van der Waals surface area contributed by atoms with Crippen LogP contribution in [0.4, 0.5) is 11.4 Å². The molecule has 1 atom stereocenters. The summed E-state index contributed by atoms with van der Waals surface area (Å²) in [6.07, 6.45) is -0.435. The fourth-order valence-electron chi connectivity index (χ4n) is 1.83. The molecular formula is C11H16N2O3S. The summed E-state index contributed by atoms with van der Waals surface area (Å²) in [5.74, 6) is 0.0447. The van der Waals surface area contributed by atoms with Gasteiger partial charge in [-0.25, -0.2) is 8.42 Å². The number of aliphatic hydroxyl groups excluding tert-OH is 1. The van der Waals surface area contributed by atoms with Crippen LogP contribution in [-0.2, 0) is 15.8 Å². The molecule has 0 aliphatic carbocycles. The van der Waals surface area contributed by atoms with E-state index in [-0.39, 0.29) is 5.75 Å². The van der Waals surface area contributed by atoms with E-state index >= 15 is 0 Å². The maximum Gasteiger partial charge on any atom is 0.239 e. The van der Waals surface area contributed by atoms with Crippen LogP contribution in [0.3, 0.4) is 0 Å². The number of rotatable bonds is 3. The molecule has 0 saturated heterocycles. The molecule has 1 aliphatic heterocycles. The van der Waals surface area contributed by atoms with E-state index in [1.165, 1.54) is 4.31 Å². The van der Waals surface area contributed by atoms with Crippen molar-refractivity contribution >= 4 is 21.4 Å². The molecule has 0 aromatic heterocycles. The summed E-state index contributed by atoms with van der Waals surface area (Å²) in [6.45, 7) is 2.14. The van der Waals surface area contributed by atoms with Gasteiger partial charge in [-0.05, 0) is 30.7 Å². The van der Waals surface area contributed by atoms with Crippen LogP contribution in [0.1, 0.15) is 12.5 Å². The number of sulfonamides is 1. The van der Waals surface area contributed by atoms with Crippen LogP contribution in [0.2, 0.25) is 0 Å². The Morgan fingerprint density at radius 3 is 2.88 bits per heavy atom. The van der Waals surface area contributed by atoms with Gasteiger partial charge in [-0.3, -0.25) is 4.31 Å². The lowest BCUT2D eigenvalue weighted by molar-refractivity contribution is 0.208. The molecule has 6 heteroatoms. The Bertz CT molecular complexity index is 526. The molecule has 17 heavy (non-hydrogen) atoms. The predicted octanol–water partition coefficient (Wildman–Crippen LogP) is 0.759. The third kappa shape index (κ3) is 2.37. The maximum atomic E-state index is 11.7. The number of aliphatic hydroxyl groups is 1. The number of benzene rings is 1. The van der Waals surface area contributed by atoms with Crippen LogP contribution >= 0.6 is 0 Å². The predicted molar refractivity (Wildman–Crippen MR) is 67.6 cm³/mol. The first kappa shape index (κ1) is 12.2. The molecule has 0 saturated carbocycles. The first-order valence-corrected chi connectivity index (χ1v) is 7.02. The molecule has 1 unspecified atom stereocenters. The Kier molecular flexibility index (Phi) is 3.01.